The molecule has 21 heavy (non-hydrogen) atoms. The molecule has 1 aliphatic heterocycles. The quantitative estimate of drug-likeness (QED) is 0.478. The molecule has 0 spiro atoms. The molecular weight excluding hydrogens is 373 g/mol. The van der Waals surface area contributed by atoms with Crippen LogP contribution in [0.4, 0.5) is 0 Å². The Morgan fingerprint density at radius 2 is 1.71 bits per heavy atom. The van der Waals surface area contributed by atoms with Crippen molar-refractivity contribution in [3.05, 3.63) is 48.0 Å². The molecule has 2 aromatic carbocycles. The first-order chi connectivity index (χ1) is 9.84. The number of fused-ring (bicyclic) bond motifs is 1. The SMILES string of the molecule is I.NC(=NCc1cccc2ccccc12)N1CCCCC1. The van der Waals surface area contributed by atoms with Gasteiger partial charge >= 0.3 is 0 Å². The highest BCUT2D eigenvalue weighted by Gasteiger charge is 2.11. The van der Waals surface area contributed by atoms with Crippen LogP contribution >= 0.6 is 24.0 Å². The van der Waals surface area contributed by atoms with E-state index in [9.17, 15) is 0 Å². The first kappa shape index (κ1) is 16.1. The Morgan fingerprint density at radius 3 is 2.52 bits per heavy atom. The number of nitrogens with two attached hydrogens (primary N) is 1. The molecule has 112 valence electrons. The number of nitrogens with zero attached hydrogens (tertiary/aromatic N) is 2. The van der Waals surface area contributed by atoms with Crippen LogP contribution in [0.25, 0.3) is 10.8 Å². The van der Waals surface area contributed by atoms with Crippen LogP contribution in [0.2, 0.25) is 0 Å². The van der Waals surface area contributed by atoms with Crippen molar-refractivity contribution in [2.24, 2.45) is 10.7 Å². The maximum atomic E-state index is 6.12. The van der Waals surface area contributed by atoms with Crippen LogP contribution in [0.3, 0.4) is 0 Å². The first-order valence-electron chi connectivity index (χ1n) is 7.36. The standard InChI is InChI=1S/C17H21N3.HI/c18-17(20-11-4-1-5-12-20)19-13-15-9-6-8-14-7-2-3-10-16(14)15;/h2-3,6-10H,1,4-5,11-13H2,(H2,18,19);1H. The highest BCUT2D eigenvalue weighted by molar-refractivity contribution is 14.0. The van der Waals surface area contributed by atoms with E-state index in [1.807, 2.05) is 0 Å². The van der Waals surface area contributed by atoms with Gasteiger partial charge in [0, 0.05) is 13.1 Å². The average molecular weight is 395 g/mol. The van der Waals surface area contributed by atoms with Crippen molar-refractivity contribution in [2.75, 3.05) is 13.1 Å². The summed E-state index contributed by atoms with van der Waals surface area (Å²) >= 11 is 0. The number of piperidine rings is 1. The van der Waals surface area contributed by atoms with E-state index in [1.54, 1.807) is 0 Å². The maximum Gasteiger partial charge on any atom is 0.191 e. The average Bonchev–Trinajstić information content (AvgIpc) is 2.53. The molecule has 3 rings (SSSR count). The van der Waals surface area contributed by atoms with Crippen LogP contribution in [0.15, 0.2) is 47.5 Å². The number of hydrogen-bond acceptors (Lipinski definition) is 1. The zero-order valence-electron chi connectivity index (χ0n) is 12.2. The number of benzene rings is 2. The van der Waals surface area contributed by atoms with Crippen molar-refractivity contribution >= 4 is 40.7 Å². The summed E-state index contributed by atoms with van der Waals surface area (Å²) in [5.74, 6) is 0.692. The number of halogens is 1. The van der Waals surface area contributed by atoms with Gasteiger partial charge in [-0.2, -0.15) is 0 Å². The summed E-state index contributed by atoms with van der Waals surface area (Å²) in [6.07, 6.45) is 3.77. The monoisotopic (exact) mass is 395 g/mol. The van der Waals surface area contributed by atoms with Gasteiger partial charge in [-0.15, -0.1) is 24.0 Å². The van der Waals surface area contributed by atoms with Gasteiger partial charge in [0.2, 0.25) is 0 Å². The van der Waals surface area contributed by atoms with E-state index in [0.29, 0.717) is 12.5 Å². The molecule has 0 saturated carbocycles. The molecule has 4 heteroatoms. The van der Waals surface area contributed by atoms with Crippen LogP contribution in [-0.4, -0.2) is 23.9 Å². The molecular formula is C17H22IN3. The second-order valence-electron chi connectivity index (χ2n) is 5.36. The molecule has 0 aromatic heterocycles. The Hall–Kier alpha value is -1.30. The van der Waals surface area contributed by atoms with E-state index < -0.39 is 0 Å². The lowest BCUT2D eigenvalue weighted by molar-refractivity contribution is 0.338. The number of aliphatic imine (C=N–C) groups is 1. The van der Waals surface area contributed by atoms with Gasteiger partial charge in [-0.1, -0.05) is 42.5 Å². The third-order valence-corrected chi connectivity index (χ3v) is 3.97. The summed E-state index contributed by atoms with van der Waals surface area (Å²) in [7, 11) is 0. The minimum absolute atomic E-state index is 0. The smallest absolute Gasteiger partial charge is 0.191 e. The van der Waals surface area contributed by atoms with Gasteiger partial charge in [0.1, 0.15) is 0 Å². The minimum Gasteiger partial charge on any atom is -0.370 e. The molecule has 0 radical (unpaired) electrons. The highest BCUT2D eigenvalue weighted by Crippen LogP contribution is 2.19. The van der Waals surface area contributed by atoms with Crippen LogP contribution in [0, 0.1) is 0 Å². The molecule has 2 N–H and O–H groups in total. The fourth-order valence-electron chi connectivity index (χ4n) is 2.82. The molecule has 2 aromatic rings. The van der Waals surface area contributed by atoms with Gasteiger partial charge in [0.25, 0.3) is 0 Å². The Kier molecular flexibility index (Phi) is 5.85. The summed E-state index contributed by atoms with van der Waals surface area (Å²) in [5.41, 5.74) is 7.36. The summed E-state index contributed by atoms with van der Waals surface area (Å²) in [4.78, 5) is 6.79. The lowest BCUT2D eigenvalue weighted by Gasteiger charge is -2.27. The van der Waals surface area contributed by atoms with E-state index in [-0.39, 0.29) is 24.0 Å². The number of rotatable bonds is 2. The van der Waals surface area contributed by atoms with Crippen molar-refractivity contribution in [3.63, 3.8) is 0 Å². The largest absolute Gasteiger partial charge is 0.370 e. The molecule has 3 nitrogen and oxygen atoms in total. The number of guanidine groups is 1. The molecule has 0 unspecified atom stereocenters. The van der Waals surface area contributed by atoms with Gasteiger partial charge in [-0.25, -0.2) is 4.99 Å². The van der Waals surface area contributed by atoms with E-state index in [4.69, 9.17) is 5.73 Å². The minimum atomic E-state index is 0. The lowest BCUT2D eigenvalue weighted by Crippen LogP contribution is -2.40. The molecule has 1 heterocycles. The van der Waals surface area contributed by atoms with Gasteiger partial charge < -0.3 is 10.6 Å². The summed E-state index contributed by atoms with van der Waals surface area (Å²) < 4.78 is 0. The first-order valence-corrected chi connectivity index (χ1v) is 7.36. The normalized spacial score (nSPS) is 15.8. The summed E-state index contributed by atoms with van der Waals surface area (Å²) in [5, 5.41) is 2.53. The maximum absolute atomic E-state index is 6.12. The van der Waals surface area contributed by atoms with Crippen LogP contribution in [0.1, 0.15) is 24.8 Å². The summed E-state index contributed by atoms with van der Waals surface area (Å²) in [6, 6.07) is 14.8. The van der Waals surface area contributed by atoms with Crippen molar-refractivity contribution in [3.8, 4) is 0 Å². The molecule has 1 aliphatic rings. The second-order valence-corrected chi connectivity index (χ2v) is 5.36. The molecule has 0 aliphatic carbocycles. The third kappa shape index (κ3) is 3.87. The van der Waals surface area contributed by atoms with Gasteiger partial charge in [-0.3, -0.25) is 0 Å². The molecule has 0 bridgehead atoms. The van der Waals surface area contributed by atoms with E-state index in [2.05, 4.69) is 52.4 Å². The topological polar surface area (TPSA) is 41.6 Å². The van der Waals surface area contributed by atoms with Gasteiger partial charge in [0.05, 0.1) is 6.54 Å². The Balaban J connectivity index is 0.00000161. The summed E-state index contributed by atoms with van der Waals surface area (Å²) in [6.45, 7) is 2.75. The fourth-order valence-corrected chi connectivity index (χ4v) is 2.82. The molecule has 0 atom stereocenters. The van der Waals surface area contributed by atoms with Gasteiger partial charge in [-0.05, 0) is 35.6 Å². The second kappa shape index (κ2) is 7.64. The zero-order valence-corrected chi connectivity index (χ0v) is 14.5. The number of likely N-dealkylation sites (tertiary alicyclic amines) is 1. The van der Waals surface area contributed by atoms with Crippen molar-refractivity contribution < 1.29 is 0 Å². The van der Waals surface area contributed by atoms with Crippen LogP contribution in [0.5, 0.6) is 0 Å². The van der Waals surface area contributed by atoms with Crippen molar-refractivity contribution in [1.82, 2.24) is 4.90 Å². The Labute approximate surface area is 143 Å². The van der Waals surface area contributed by atoms with E-state index >= 15 is 0 Å². The predicted molar refractivity (Wildman–Crippen MR) is 100 cm³/mol. The molecule has 1 saturated heterocycles. The molecule has 1 fully saturated rings. The molecule has 0 amide bonds. The highest BCUT2D eigenvalue weighted by atomic mass is 127. The number of hydrogen-bond donors (Lipinski definition) is 1. The fraction of sp³-hybridized carbons (Fsp3) is 0.353. The Morgan fingerprint density at radius 1 is 1.00 bits per heavy atom. The Bertz CT molecular complexity index is 613. The van der Waals surface area contributed by atoms with Crippen molar-refractivity contribution in [1.29, 1.82) is 0 Å². The lowest BCUT2D eigenvalue weighted by atomic mass is 10.0. The van der Waals surface area contributed by atoms with E-state index in [1.165, 1.54) is 35.6 Å². The third-order valence-electron chi connectivity index (χ3n) is 3.97. The van der Waals surface area contributed by atoms with Gasteiger partial charge in [0.15, 0.2) is 5.96 Å². The van der Waals surface area contributed by atoms with Crippen molar-refractivity contribution in [2.45, 2.75) is 25.8 Å². The van der Waals surface area contributed by atoms with E-state index in [0.717, 1.165) is 13.1 Å². The van der Waals surface area contributed by atoms with Crippen LogP contribution in [-0.2, 0) is 6.54 Å². The van der Waals surface area contributed by atoms with Crippen LogP contribution < -0.4 is 5.73 Å². The zero-order chi connectivity index (χ0) is 13.8. The predicted octanol–water partition coefficient (Wildman–Crippen LogP) is 3.76.